The SMILES string of the molecule is CC.CC.CC.CC.CC.CC.CC.CC(C)C1CCC2(CCCCO2)CC1.CC(C)C1CCC2(CCCOC2)CC1.CC(C)C1CCC2(CCOCC2)CC1.CC(C)C1CCCC2(CCCCO2)C1.CC(C)C1CCCC2(CCCOC2)C1.CC(C)C1CCCC2(CCOC2)C1.CC(C)C1CCCC2(CCOCC2)C1. The molecule has 14 aliphatic rings. The van der Waals surface area contributed by atoms with Crippen LogP contribution in [0.1, 0.15) is 470 Å². The number of hydrogen-bond acceptors (Lipinski definition) is 7. The van der Waals surface area contributed by atoms with Crippen molar-refractivity contribution in [1.82, 2.24) is 0 Å². The summed E-state index contributed by atoms with van der Waals surface area (Å²) < 4.78 is 40.0. The van der Waals surface area contributed by atoms with Crippen LogP contribution in [0.25, 0.3) is 0 Å². The van der Waals surface area contributed by atoms with Crippen LogP contribution in [0.2, 0.25) is 0 Å². The Morgan fingerprint density at radius 3 is 0.784 bits per heavy atom. The van der Waals surface area contributed by atoms with E-state index in [-0.39, 0.29) is 0 Å². The smallest absolute Gasteiger partial charge is 0.0685 e. The molecule has 0 radical (unpaired) electrons. The molecule has 0 aromatic heterocycles. The molecule has 7 heterocycles. The monoisotopic (exact) mass is 1570 g/mol. The first-order valence-corrected chi connectivity index (χ1v) is 50.7. The molecular formula is C104H208O7. The Bertz CT molecular complexity index is 1820. The van der Waals surface area contributed by atoms with Gasteiger partial charge in [-0.2, -0.15) is 0 Å². The third-order valence-corrected chi connectivity index (χ3v) is 30.5. The van der Waals surface area contributed by atoms with Gasteiger partial charge in [-0.1, -0.05) is 239 Å². The van der Waals surface area contributed by atoms with Crippen molar-refractivity contribution in [1.29, 1.82) is 0 Å². The van der Waals surface area contributed by atoms with Crippen LogP contribution in [-0.2, 0) is 33.2 Å². The van der Waals surface area contributed by atoms with Crippen LogP contribution in [0, 0.1) is 110 Å². The number of ether oxygens (including phenoxy) is 7. The minimum Gasteiger partial charge on any atom is -0.381 e. The molecule has 7 saturated carbocycles. The minimum atomic E-state index is 0.311. The van der Waals surface area contributed by atoms with Crippen LogP contribution in [0.5, 0.6) is 0 Å². The van der Waals surface area contributed by atoms with Gasteiger partial charge >= 0.3 is 0 Å². The molecule has 0 aromatic carbocycles. The van der Waals surface area contributed by atoms with E-state index in [9.17, 15) is 0 Å². The quantitative estimate of drug-likeness (QED) is 0.252. The van der Waals surface area contributed by atoms with E-state index in [1.807, 2.05) is 96.9 Å². The normalized spacial score (nSPS) is 30.8. The highest BCUT2D eigenvalue weighted by Gasteiger charge is 2.45. The van der Waals surface area contributed by atoms with Crippen LogP contribution >= 0.6 is 0 Å². The summed E-state index contributed by atoms with van der Waals surface area (Å²) in [5, 5.41) is 0. The molecule has 14 fully saturated rings. The predicted octanol–water partition coefficient (Wildman–Crippen LogP) is 32.5. The third kappa shape index (κ3) is 39.0. The van der Waals surface area contributed by atoms with Gasteiger partial charge < -0.3 is 33.2 Å². The van der Waals surface area contributed by atoms with Crippen molar-refractivity contribution in [2.45, 2.75) is 481 Å². The first kappa shape index (κ1) is 109. The average Bonchev–Trinajstić information content (AvgIpc) is 1.78. The standard InChI is InChI=1S/6C13H24O.C12H22O.7C2H6/c1-11(2)12-4-7-13(8-5-12)6-3-9-14-10-13;1-11(2)12-3-5-13(6-4-12)7-9-14-10-8-13;1-11(2)12-5-3-6-13(9-12)7-4-8-14-10-13;1-11(2)12-5-8-13(9-6-12)7-3-4-10-14-13;1-11(2)12-6-5-8-13(10-12)7-3-4-9-14-13;1-11(2)12-4-3-5-13(10-12)6-8-14-9-7-13;1-10(2)11-4-3-5-12(8-11)6-7-13-9-12;7*1-2/h6*11-12H,3-10H2,1-2H3;10-11H,3-9H2,1-2H3;7*1-2H3. The van der Waals surface area contributed by atoms with Crippen molar-refractivity contribution < 1.29 is 33.2 Å². The lowest BCUT2D eigenvalue weighted by molar-refractivity contribution is -0.115. The van der Waals surface area contributed by atoms with Gasteiger partial charge in [-0.25, -0.2) is 0 Å². The molecule has 7 spiro atoms. The highest BCUT2D eigenvalue weighted by Crippen LogP contribution is 2.53. The lowest BCUT2D eigenvalue weighted by atomic mass is 9.63. The van der Waals surface area contributed by atoms with Crippen molar-refractivity contribution in [3.63, 3.8) is 0 Å². The van der Waals surface area contributed by atoms with Gasteiger partial charge in [0.1, 0.15) is 0 Å². The summed E-state index contributed by atoms with van der Waals surface area (Å²) in [6.45, 7) is 73.6. The zero-order valence-corrected chi connectivity index (χ0v) is 81.3. The summed E-state index contributed by atoms with van der Waals surface area (Å²) in [6.07, 6.45) is 60.1. The van der Waals surface area contributed by atoms with Crippen LogP contribution in [0.15, 0.2) is 0 Å². The topological polar surface area (TPSA) is 64.6 Å². The van der Waals surface area contributed by atoms with Gasteiger partial charge in [0, 0.05) is 59.5 Å². The maximum atomic E-state index is 6.09. The Kier molecular flexibility index (Phi) is 59.8. The second-order valence-corrected chi connectivity index (χ2v) is 39.5. The maximum Gasteiger partial charge on any atom is 0.0685 e. The second kappa shape index (κ2) is 61.1. The number of rotatable bonds is 7. The summed E-state index contributed by atoms with van der Waals surface area (Å²) in [6, 6.07) is 0. The summed E-state index contributed by atoms with van der Waals surface area (Å²) in [5.74, 6) is 12.9. The van der Waals surface area contributed by atoms with Crippen LogP contribution in [-0.4, -0.2) is 90.5 Å². The van der Waals surface area contributed by atoms with Crippen molar-refractivity contribution in [2.24, 2.45) is 110 Å². The summed E-state index contributed by atoms with van der Waals surface area (Å²) in [4.78, 5) is 0. The molecule has 14 rings (SSSR count). The van der Waals surface area contributed by atoms with Gasteiger partial charge in [-0.3, -0.25) is 0 Å². The van der Waals surface area contributed by atoms with E-state index in [0.29, 0.717) is 38.3 Å². The van der Waals surface area contributed by atoms with Crippen molar-refractivity contribution in [2.75, 3.05) is 79.3 Å². The van der Waals surface area contributed by atoms with E-state index in [2.05, 4.69) is 96.9 Å². The highest BCUT2D eigenvalue weighted by atomic mass is 16.5. The summed E-state index contributed by atoms with van der Waals surface area (Å²) in [7, 11) is 0. The van der Waals surface area contributed by atoms with Crippen LogP contribution < -0.4 is 0 Å². The van der Waals surface area contributed by atoms with Gasteiger partial charge in [0.15, 0.2) is 0 Å². The molecule has 0 N–H and O–H groups in total. The van der Waals surface area contributed by atoms with E-state index < -0.39 is 0 Å². The van der Waals surface area contributed by atoms with Gasteiger partial charge in [-0.05, 0) is 341 Å². The molecule has 7 heteroatoms. The lowest BCUT2D eigenvalue weighted by Gasteiger charge is -2.44. The zero-order chi connectivity index (χ0) is 83.4. The van der Waals surface area contributed by atoms with Crippen molar-refractivity contribution >= 4 is 0 Å². The Morgan fingerprint density at radius 1 is 0.180 bits per heavy atom. The molecule has 7 unspecified atom stereocenters. The lowest BCUT2D eigenvalue weighted by Crippen LogP contribution is -2.41. The third-order valence-electron chi connectivity index (χ3n) is 30.5. The molecule has 7 saturated heterocycles. The predicted molar refractivity (Wildman–Crippen MR) is 490 cm³/mol. The van der Waals surface area contributed by atoms with Gasteiger partial charge in [-0.15, -0.1) is 0 Å². The van der Waals surface area contributed by atoms with E-state index in [0.717, 1.165) is 162 Å². The maximum absolute atomic E-state index is 6.09. The molecule has 7 nitrogen and oxygen atoms in total. The summed E-state index contributed by atoms with van der Waals surface area (Å²) in [5.41, 5.74) is 3.81. The van der Waals surface area contributed by atoms with Crippen LogP contribution in [0.4, 0.5) is 0 Å². The highest BCUT2D eigenvalue weighted by molar-refractivity contribution is 4.96. The van der Waals surface area contributed by atoms with Crippen molar-refractivity contribution in [3.8, 4) is 0 Å². The molecule has 666 valence electrons. The van der Waals surface area contributed by atoms with E-state index in [1.54, 1.807) is 0 Å². The molecular weight excluding hydrogens is 1360 g/mol. The molecule has 111 heavy (non-hydrogen) atoms. The van der Waals surface area contributed by atoms with E-state index in [1.165, 1.54) is 276 Å². The van der Waals surface area contributed by atoms with Crippen molar-refractivity contribution in [3.05, 3.63) is 0 Å². The van der Waals surface area contributed by atoms with Gasteiger partial charge in [0.05, 0.1) is 31.0 Å². The Balaban J connectivity index is 0.000000630. The molecule has 7 aliphatic carbocycles. The molecule has 0 aromatic rings. The van der Waals surface area contributed by atoms with Crippen LogP contribution in [0.3, 0.4) is 0 Å². The zero-order valence-electron chi connectivity index (χ0n) is 81.3. The van der Waals surface area contributed by atoms with Gasteiger partial charge in [0.2, 0.25) is 0 Å². The largest absolute Gasteiger partial charge is 0.381 e. The van der Waals surface area contributed by atoms with E-state index in [4.69, 9.17) is 33.2 Å². The number of hydrogen-bond donors (Lipinski definition) is 0. The Hall–Kier alpha value is -0.280. The second-order valence-electron chi connectivity index (χ2n) is 39.5. The average molecular weight is 1570 g/mol. The molecule has 0 amide bonds. The fourth-order valence-electron chi connectivity index (χ4n) is 22.5. The van der Waals surface area contributed by atoms with E-state index >= 15 is 0 Å². The molecule has 7 atom stereocenters. The fourth-order valence-corrected chi connectivity index (χ4v) is 22.5. The Morgan fingerprint density at radius 2 is 0.441 bits per heavy atom. The van der Waals surface area contributed by atoms with Gasteiger partial charge in [0.25, 0.3) is 0 Å². The summed E-state index contributed by atoms with van der Waals surface area (Å²) >= 11 is 0. The molecule has 0 bridgehead atoms. The minimum absolute atomic E-state index is 0.311. The fraction of sp³-hybridized carbons (Fsp3) is 1.00. The first-order chi connectivity index (χ1) is 53.5. The first-order valence-electron chi connectivity index (χ1n) is 50.7. The Labute approximate surface area is 699 Å². The molecule has 7 aliphatic heterocycles.